The second kappa shape index (κ2) is 11.5. The van der Waals surface area contributed by atoms with E-state index < -0.39 is 17.6 Å². The molecule has 0 radical (unpaired) electrons. The van der Waals surface area contributed by atoms with Crippen molar-refractivity contribution in [1.29, 1.82) is 5.26 Å². The number of anilines is 1. The fourth-order valence-corrected chi connectivity index (χ4v) is 3.98. The van der Waals surface area contributed by atoms with Crippen molar-refractivity contribution in [3.8, 4) is 28.8 Å². The van der Waals surface area contributed by atoms with Crippen LogP contribution < -0.4 is 15.4 Å². The van der Waals surface area contributed by atoms with Crippen LogP contribution in [0, 0.1) is 18.3 Å². The van der Waals surface area contributed by atoms with Gasteiger partial charge in [-0.3, -0.25) is 9.78 Å². The molecule has 0 bridgehead atoms. The normalized spacial score (nSPS) is 11.4. The Labute approximate surface area is 228 Å². The molecule has 4 aromatic rings. The molecule has 1 amide bonds. The zero-order valence-corrected chi connectivity index (χ0v) is 22.2. The van der Waals surface area contributed by atoms with Gasteiger partial charge in [0, 0.05) is 41.7 Å². The Morgan fingerprint density at radius 1 is 1.18 bits per heavy atom. The summed E-state index contributed by atoms with van der Waals surface area (Å²) in [5.74, 6) is -0.496. The first-order valence-corrected chi connectivity index (χ1v) is 12.2. The Hall–Kier alpha value is -4.76. The van der Waals surface area contributed by atoms with Gasteiger partial charge in [0.05, 0.1) is 35.8 Å². The number of carbonyl (C=O) groups excluding carboxylic acids is 1. The van der Waals surface area contributed by atoms with Gasteiger partial charge in [0.15, 0.2) is 0 Å². The molecule has 206 valence electrons. The summed E-state index contributed by atoms with van der Waals surface area (Å²) in [6.45, 7) is 5.68. The van der Waals surface area contributed by atoms with Gasteiger partial charge in [0.2, 0.25) is 0 Å². The highest BCUT2D eigenvalue weighted by molar-refractivity contribution is 6.05. The molecule has 2 aromatic heterocycles. The monoisotopic (exact) mass is 549 g/mol. The molecule has 0 saturated heterocycles. The lowest BCUT2D eigenvalue weighted by molar-refractivity contribution is -0.137. The van der Waals surface area contributed by atoms with Crippen LogP contribution in [-0.2, 0) is 12.7 Å². The summed E-state index contributed by atoms with van der Waals surface area (Å²) in [5, 5.41) is 23.1. The van der Waals surface area contributed by atoms with Crippen molar-refractivity contribution in [3.63, 3.8) is 0 Å². The predicted molar refractivity (Wildman–Crippen MR) is 142 cm³/mol. The minimum Gasteiger partial charge on any atom is -0.494 e. The number of carbonyl (C=O) groups is 1. The number of nitrogens with zero attached hydrogens (tertiary/aromatic N) is 5. The van der Waals surface area contributed by atoms with E-state index in [1.54, 1.807) is 36.7 Å². The van der Waals surface area contributed by atoms with Crippen LogP contribution in [-0.4, -0.2) is 39.0 Å². The first kappa shape index (κ1) is 28.3. The van der Waals surface area contributed by atoms with Gasteiger partial charge in [0.1, 0.15) is 17.5 Å². The average molecular weight is 550 g/mol. The van der Waals surface area contributed by atoms with Crippen LogP contribution >= 0.6 is 0 Å². The van der Waals surface area contributed by atoms with Gasteiger partial charge in [0.25, 0.3) is 5.91 Å². The smallest absolute Gasteiger partial charge is 0.416 e. The number of nitriles is 1. The molecule has 0 saturated carbocycles. The average Bonchev–Trinajstić information content (AvgIpc) is 3.41. The first-order chi connectivity index (χ1) is 19.0. The van der Waals surface area contributed by atoms with Crippen molar-refractivity contribution in [2.75, 3.05) is 12.4 Å². The molecule has 2 aromatic carbocycles. The number of ether oxygens (including phenoxy) is 1. The van der Waals surface area contributed by atoms with Gasteiger partial charge in [-0.15, -0.1) is 5.10 Å². The van der Waals surface area contributed by atoms with Gasteiger partial charge >= 0.3 is 6.18 Å². The van der Waals surface area contributed by atoms with Crippen LogP contribution in [0.4, 0.5) is 18.9 Å². The number of hydrogen-bond donors (Lipinski definition) is 2. The number of alkyl halides is 3. The number of halogens is 3. The highest BCUT2D eigenvalue weighted by Gasteiger charge is 2.33. The lowest BCUT2D eigenvalue weighted by Gasteiger charge is -2.19. The molecule has 0 aliphatic heterocycles. The summed E-state index contributed by atoms with van der Waals surface area (Å²) in [5.41, 5.74) is 2.19. The third-order valence-electron chi connectivity index (χ3n) is 6.02. The number of benzene rings is 2. The van der Waals surface area contributed by atoms with Gasteiger partial charge in [-0.05, 0) is 42.8 Å². The Morgan fingerprint density at radius 3 is 2.62 bits per heavy atom. The van der Waals surface area contributed by atoms with E-state index in [0.717, 1.165) is 17.7 Å². The minimum atomic E-state index is -4.62. The zero-order valence-electron chi connectivity index (χ0n) is 22.2. The molecule has 12 heteroatoms. The van der Waals surface area contributed by atoms with E-state index in [2.05, 4.69) is 25.9 Å². The van der Waals surface area contributed by atoms with Crippen LogP contribution in [0.15, 0.2) is 55.0 Å². The molecule has 40 heavy (non-hydrogen) atoms. The van der Waals surface area contributed by atoms with Gasteiger partial charge in [-0.2, -0.15) is 18.4 Å². The van der Waals surface area contributed by atoms with Gasteiger partial charge in [-0.1, -0.05) is 25.1 Å². The van der Waals surface area contributed by atoms with Crippen molar-refractivity contribution in [3.05, 3.63) is 82.8 Å². The highest BCUT2D eigenvalue weighted by Crippen LogP contribution is 2.38. The lowest BCUT2D eigenvalue weighted by Crippen LogP contribution is -2.23. The van der Waals surface area contributed by atoms with Crippen molar-refractivity contribution >= 4 is 11.6 Å². The lowest BCUT2D eigenvalue weighted by atomic mass is 10.1. The number of nitrogens with one attached hydrogen (secondary N) is 2. The summed E-state index contributed by atoms with van der Waals surface area (Å²) in [6, 6.07) is 10.4. The number of aryl methyl sites for hydroxylation is 1. The second-order valence-corrected chi connectivity index (χ2v) is 9.33. The Morgan fingerprint density at radius 2 is 1.95 bits per heavy atom. The van der Waals surface area contributed by atoms with Crippen LogP contribution in [0.2, 0.25) is 0 Å². The SMILES string of the molecule is COc1c(CNC(C)C)cc(C(F)(F)F)cc1NC(=O)c1ccc(C)c(-n2cc(-c3cncc(C#N)c3)nn2)c1. The molecule has 0 aliphatic carbocycles. The van der Waals surface area contributed by atoms with Crippen LogP contribution in [0.3, 0.4) is 0 Å². The summed E-state index contributed by atoms with van der Waals surface area (Å²) < 4.78 is 47.9. The Kier molecular flexibility index (Phi) is 8.16. The van der Waals surface area contributed by atoms with Crippen molar-refractivity contribution in [2.45, 2.75) is 39.5 Å². The molecule has 2 N–H and O–H groups in total. The summed E-state index contributed by atoms with van der Waals surface area (Å²) >= 11 is 0. The fourth-order valence-electron chi connectivity index (χ4n) is 3.98. The quantitative estimate of drug-likeness (QED) is 0.307. The molecule has 0 aliphatic rings. The van der Waals surface area contributed by atoms with E-state index in [-0.39, 0.29) is 35.2 Å². The van der Waals surface area contributed by atoms with E-state index in [0.29, 0.717) is 22.5 Å². The molecular weight excluding hydrogens is 523 g/mol. The maximum absolute atomic E-state index is 13.7. The number of methoxy groups -OCH3 is 1. The largest absolute Gasteiger partial charge is 0.494 e. The van der Waals surface area contributed by atoms with Gasteiger partial charge in [-0.25, -0.2) is 4.68 Å². The number of hydrogen-bond acceptors (Lipinski definition) is 7. The van der Waals surface area contributed by atoms with E-state index in [9.17, 15) is 18.0 Å². The number of amides is 1. The maximum Gasteiger partial charge on any atom is 0.416 e. The molecular formula is C28H26F3N7O2. The number of aromatic nitrogens is 4. The van der Waals surface area contributed by atoms with Crippen molar-refractivity contribution in [1.82, 2.24) is 25.3 Å². The topological polar surface area (TPSA) is 118 Å². The third kappa shape index (κ3) is 6.27. The predicted octanol–water partition coefficient (Wildman–Crippen LogP) is 5.29. The second-order valence-electron chi connectivity index (χ2n) is 9.33. The van der Waals surface area contributed by atoms with E-state index in [1.165, 1.54) is 18.0 Å². The molecule has 0 unspecified atom stereocenters. The van der Waals surface area contributed by atoms with Crippen LogP contribution in [0.1, 0.15) is 46.5 Å². The van der Waals surface area contributed by atoms with Crippen molar-refractivity contribution < 1.29 is 22.7 Å². The van der Waals surface area contributed by atoms with E-state index >= 15 is 0 Å². The third-order valence-corrected chi connectivity index (χ3v) is 6.02. The molecule has 0 spiro atoms. The first-order valence-electron chi connectivity index (χ1n) is 12.2. The summed E-state index contributed by atoms with van der Waals surface area (Å²) in [7, 11) is 1.34. The minimum absolute atomic E-state index is 0.0205. The highest BCUT2D eigenvalue weighted by atomic mass is 19.4. The van der Waals surface area contributed by atoms with Crippen molar-refractivity contribution in [2.24, 2.45) is 0 Å². The standard InChI is InChI=1S/C28H26F3N7O2/c1-16(2)34-14-21-8-22(28(29,30)31)10-23(26(21)40-4)35-27(39)19-6-5-17(3)25(9-19)38-15-24(36-37-38)20-7-18(11-32)12-33-13-20/h5-10,12-13,15-16,34H,14H2,1-4H3,(H,35,39). The summed E-state index contributed by atoms with van der Waals surface area (Å²) in [6.07, 6.45) is -0.00286. The molecule has 0 fully saturated rings. The fraction of sp³-hybridized carbons (Fsp3) is 0.250. The van der Waals surface area contributed by atoms with E-state index in [1.807, 2.05) is 26.8 Å². The zero-order chi connectivity index (χ0) is 29.0. The van der Waals surface area contributed by atoms with Gasteiger partial charge < -0.3 is 15.4 Å². The molecule has 9 nitrogen and oxygen atoms in total. The number of rotatable bonds is 8. The number of pyridine rings is 1. The molecule has 0 atom stereocenters. The Bertz CT molecular complexity index is 1590. The van der Waals surface area contributed by atoms with E-state index in [4.69, 9.17) is 10.00 Å². The summed E-state index contributed by atoms with van der Waals surface area (Å²) in [4.78, 5) is 17.3. The Balaban J connectivity index is 1.67. The molecule has 2 heterocycles. The van der Waals surface area contributed by atoms with Crippen LogP contribution in [0.25, 0.3) is 16.9 Å². The maximum atomic E-state index is 13.7. The van der Waals surface area contributed by atoms with Crippen LogP contribution in [0.5, 0.6) is 5.75 Å². The molecule has 4 rings (SSSR count).